The van der Waals surface area contributed by atoms with Crippen molar-refractivity contribution in [2.24, 2.45) is 0 Å². The number of aromatic nitrogens is 2. The summed E-state index contributed by atoms with van der Waals surface area (Å²) in [6.45, 7) is 12.0. The molecule has 0 spiro atoms. The molecule has 3 rings (SSSR count). The van der Waals surface area contributed by atoms with E-state index >= 15 is 0 Å². The smallest absolute Gasteiger partial charge is 0.254 e. The predicted octanol–water partition coefficient (Wildman–Crippen LogP) is 4.97. The number of anilines is 1. The van der Waals surface area contributed by atoms with Gasteiger partial charge in [0.05, 0.1) is 11.4 Å². The van der Waals surface area contributed by atoms with Crippen molar-refractivity contribution in [1.82, 2.24) is 14.7 Å². The zero-order valence-electron chi connectivity index (χ0n) is 19.7. The molecule has 0 bridgehead atoms. The minimum atomic E-state index is -0.267. The Morgan fingerprint density at radius 2 is 1.66 bits per heavy atom. The number of hydrogen-bond acceptors (Lipinski definition) is 3. The summed E-state index contributed by atoms with van der Waals surface area (Å²) in [4.78, 5) is 27.5. The molecule has 32 heavy (non-hydrogen) atoms. The van der Waals surface area contributed by atoms with Gasteiger partial charge in [0.15, 0.2) is 0 Å². The van der Waals surface area contributed by atoms with Gasteiger partial charge in [0.25, 0.3) is 5.91 Å². The van der Waals surface area contributed by atoms with Gasteiger partial charge in [-0.05, 0) is 45.0 Å². The SMILES string of the molecule is Cc1ccc(-n2nc(C(C)(C)C)cc2NC(=O)CN(C(=O)c2ccccc2)C(C)C)cc1. The van der Waals surface area contributed by atoms with Crippen molar-refractivity contribution < 1.29 is 9.59 Å². The number of hydrogen-bond donors (Lipinski definition) is 1. The highest BCUT2D eigenvalue weighted by Gasteiger charge is 2.24. The van der Waals surface area contributed by atoms with Crippen molar-refractivity contribution in [3.8, 4) is 5.69 Å². The molecule has 2 aromatic carbocycles. The quantitative estimate of drug-likeness (QED) is 0.598. The second-order valence-electron chi connectivity index (χ2n) is 9.35. The summed E-state index contributed by atoms with van der Waals surface area (Å²) in [6, 6.07) is 18.8. The maximum absolute atomic E-state index is 13.0. The summed E-state index contributed by atoms with van der Waals surface area (Å²) in [5, 5.41) is 7.73. The number of nitrogens with zero attached hydrogens (tertiary/aromatic N) is 3. The van der Waals surface area contributed by atoms with Gasteiger partial charge in [-0.25, -0.2) is 4.68 Å². The zero-order valence-corrected chi connectivity index (χ0v) is 19.7. The van der Waals surface area contributed by atoms with Gasteiger partial charge in [0.2, 0.25) is 5.91 Å². The predicted molar refractivity (Wildman–Crippen MR) is 128 cm³/mol. The maximum Gasteiger partial charge on any atom is 0.254 e. The minimum absolute atomic E-state index is 0.0463. The Balaban J connectivity index is 1.86. The average molecular weight is 433 g/mol. The molecular formula is C26H32N4O2. The van der Waals surface area contributed by atoms with Crippen molar-refractivity contribution in [2.45, 2.75) is 53.0 Å². The number of nitrogens with one attached hydrogen (secondary N) is 1. The lowest BCUT2D eigenvalue weighted by atomic mass is 9.92. The van der Waals surface area contributed by atoms with E-state index in [1.807, 2.05) is 69.3 Å². The van der Waals surface area contributed by atoms with E-state index in [1.165, 1.54) is 0 Å². The Kier molecular flexibility index (Phi) is 6.82. The fraction of sp³-hybridized carbons (Fsp3) is 0.346. The van der Waals surface area contributed by atoms with Crippen LogP contribution in [-0.4, -0.2) is 39.1 Å². The van der Waals surface area contributed by atoms with Gasteiger partial charge in [-0.15, -0.1) is 0 Å². The van der Waals surface area contributed by atoms with Crippen molar-refractivity contribution >= 4 is 17.6 Å². The second-order valence-corrected chi connectivity index (χ2v) is 9.35. The Morgan fingerprint density at radius 1 is 1.03 bits per heavy atom. The first-order valence-electron chi connectivity index (χ1n) is 10.9. The van der Waals surface area contributed by atoms with E-state index in [-0.39, 0.29) is 29.8 Å². The summed E-state index contributed by atoms with van der Waals surface area (Å²) in [6.07, 6.45) is 0. The third kappa shape index (κ3) is 5.44. The number of amides is 2. The van der Waals surface area contributed by atoms with Crippen molar-refractivity contribution in [3.05, 3.63) is 77.5 Å². The number of aryl methyl sites for hydroxylation is 1. The van der Waals surface area contributed by atoms with Gasteiger partial charge in [0, 0.05) is 23.1 Å². The molecule has 168 valence electrons. The molecule has 6 nitrogen and oxygen atoms in total. The lowest BCUT2D eigenvalue weighted by Gasteiger charge is -2.26. The van der Waals surface area contributed by atoms with Crippen LogP contribution in [0.2, 0.25) is 0 Å². The molecule has 0 fully saturated rings. The summed E-state index contributed by atoms with van der Waals surface area (Å²) < 4.78 is 1.75. The minimum Gasteiger partial charge on any atom is -0.327 e. The van der Waals surface area contributed by atoms with Crippen LogP contribution >= 0.6 is 0 Å². The van der Waals surface area contributed by atoms with E-state index < -0.39 is 0 Å². The van der Waals surface area contributed by atoms with Crippen molar-refractivity contribution in [3.63, 3.8) is 0 Å². The van der Waals surface area contributed by atoms with Crippen LogP contribution in [0.1, 0.15) is 56.2 Å². The normalized spacial score (nSPS) is 11.5. The fourth-order valence-corrected chi connectivity index (χ4v) is 3.29. The van der Waals surface area contributed by atoms with Gasteiger partial charge < -0.3 is 10.2 Å². The number of carbonyl (C=O) groups is 2. The molecule has 2 amide bonds. The Hall–Kier alpha value is -3.41. The Morgan fingerprint density at radius 3 is 2.22 bits per heavy atom. The Labute approximate surface area is 190 Å². The third-order valence-electron chi connectivity index (χ3n) is 5.24. The first kappa shape index (κ1) is 23.3. The van der Waals surface area contributed by atoms with E-state index in [4.69, 9.17) is 5.10 Å². The van der Waals surface area contributed by atoms with Gasteiger partial charge in [-0.2, -0.15) is 5.10 Å². The Bertz CT molecular complexity index is 1080. The van der Waals surface area contributed by atoms with Crippen molar-refractivity contribution in [1.29, 1.82) is 0 Å². The molecule has 1 aromatic heterocycles. The number of carbonyl (C=O) groups excluding carboxylic acids is 2. The van der Waals surface area contributed by atoms with Crippen LogP contribution in [0.5, 0.6) is 0 Å². The van der Waals surface area contributed by atoms with E-state index in [0.717, 1.165) is 16.9 Å². The lowest BCUT2D eigenvalue weighted by molar-refractivity contribution is -0.117. The summed E-state index contributed by atoms with van der Waals surface area (Å²) in [5.41, 5.74) is 3.27. The summed E-state index contributed by atoms with van der Waals surface area (Å²) >= 11 is 0. The highest BCUT2D eigenvalue weighted by atomic mass is 16.2. The van der Waals surface area contributed by atoms with Crippen LogP contribution in [0.25, 0.3) is 5.69 Å². The number of rotatable bonds is 6. The molecule has 0 atom stereocenters. The van der Waals surface area contributed by atoms with Crippen LogP contribution in [-0.2, 0) is 10.2 Å². The van der Waals surface area contributed by atoms with E-state index in [9.17, 15) is 9.59 Å². The highest BCUT2D eigenvalue weighted by molar-refractivity contribution is 5.99. The van der Waals surface area contributed by atoms with Crippen LogP contribution in [0, 0.1) is 6.92 Å². The standard InChI is InChI=1S/C26H32N4O2/c1-18(2)29(25(32)20-10-8-7-9-11-20)17-24(31)27-23-16-22(26(4,5)6)28-30(23)21-14-12-19(3)13-15-21/h7-16,18H,17H2,1-6H3,(H,27,31). The lowest BCUT2D eigenvalue weighted by Crippen LogP contribution is -2.42. The van der Waals surface area contributed by atoms with Gasteiger partial charge >= 0.3 is 0 Å². The van der Waals surface area contributed by atoms with Crippen LogP contribution in [0.4, 0.5) is 5.82 Å². The molecule has 3 aromatic rings. The molecule has 1 N–H and O–H groups in total. The van der Waals surface area contributed by atoms with Crippen molar-refractivity contribution in [2.75, 3.05) is 11.9 Å². The highest BCUT2D eigenvalue weighted by Crippen LogP contribution is 2.26. The first-order valence-corrected chi connectivity index (χ1v) is 10.9. The molecule has 6 heteroatoms. The van der Waals surface area contributed by atoms with E-state index in [0.29, 0.717) is 11.4 Å². The molecule has 0 saturated carbocycles. The molecule has 1 heterocycles. The monoisotopic (exact) mass is 432 g/mol. The zero-order chi connectivity index (χ0) is 23.5. The molecule has 0 aliphatic carbocycles. The maximum atomic E-state index is 13.0. The van der Waals surface area contributed by atoms with Crippen LogP contribution in [0.3, 0.4) is 0 Å². The largest absolute Gasteiger partial charge is 0.327 e. The molecule has 0 saturated heterocycles. The molecule has 0 unspecified atom stereocenters. The third-order valence-corrected chi connectivity index (χ3v) is 5.24. The summed E-state index contributed by atoms with van der Waals surface area (Å²) in [7, 11) is 0. The van der Waals surface area contributed by atoms with Gasteiger partial charge in [0.1, 0.15) is 12.4 Å². The average Bonchev–Trinajstić information content (AvgIpc) is 3.16. The van der Waals surface area contributed by atoms with Crippen LogP contribution in [0.15, 0.2) is 60.7 Å². The van der Waals surface area contributed by atoms with E-state index in [1.54, 1.807) is 21.7 Å². The second kappa shape index (κ2) is 9.39. The van der Waals surface area contributed by atoms with Gasteiger partial charge in [-0.3, -0.25) is 9.59 Å². The molecule has 0 aliphatic rings. The fourth-order valence-electron chi connectivity index (χ4n) is 3.29. The van der Waals surface area contributed by atoms with Gasteiger partial charge in [-0.1, -0.05) is 56.7 Å². The first-order chi connectivity index (χ1) is 15.1. The van der Waals surface area contributed by atoms with Crippen LogP contribution < -0.4 is 5.32 Å². The van der Waals surface area contributed by atoms with E-state index in [2.05, 4.69) is 26.1 Å². The summed E-state index contributed by atoms with van der Waals surface area (Å²) in [5.74, 6) is 0.148. The topological polar surface area (TPSA) is 67.2 Å². The molecule has 0 radical (unpaired) electrons. The molecule has 0 aliphatic heterocycles. The number of benzene rings is 2. The molecular weight excluding hydrogens is 400 g/mol.